The Labute approximate surface area is 218 Å². The van der Waals surface area contributed by atoms with E-state index in [1.165, 1.54) is 30.0 Å². The third-order valence-corrected chi connectivity index (χ3v) is 8.26. The number of unbranched alkanes of at least 4 members (excludes halogenated alkanes) is 2. The summed E-state index contributed by atoms with van der Waals surface area (Å²) in [5.74, 6) is -6.52. The van der Waals surface area contributed by atoms with Gasteiger partial charge in [0.05, 0.1) is 11.8 Å². The van der Waals surface area contributed by atoms with E-state index in [2.05, 4.69) is 0 Å². The van der Waals surface area contributed by atoms with Gasteiger partial charge in [0, 0.05) is 41.2 Å². The van der Waals surface area contributed by atoms with Gasteiger partial charge in [0.15, 0.2) is 23.1 Å². The molecular formula is C29H28FNO7. The number of carboxylic acids is 1. The zero-order chi connectivity index (χ0) is 27.3. The van der Waals surface area contributed by atoms with Crippen LogP contribution >= 0.6 is 0 Å². The highest BCUT2D eigenvalue weighted by atomic mass is 19.1. The van der Waals surface area contributed by atoms with Gasteiger partial charge in [0.1, 0.15) is 0 Å². The Morgan fingerprint density at radius 3 is 2.58 bits per heavy atom. The Morgan fingerprint density at radius 2 is 1.84 bits per heavy atom. The van der Waals surface area contributed by atoms with Crippen LogP contribution in [0, 0.1) is 23.6 Å². The molecule has 38 heavy (non-hydrogen) atoms. The van der Waals surface area contributed by atoms with Gasteiger partial charge in [0.25, 0.3) is 0 Å². The Kier molecular flexibility index (Phi) is 6.63. The molecule has 9 heteroatoms. The lowest BCUT2D eigenvalue weighted by atomic mass is 9.59. The summed E-state index contributed by atoms with van der Waals surface area (Å²) in [6, 6.07) is 4.04. The number of fused-ring (bicyclic) bond motifs is 3. The third kappa shape index (κ3) is 4.10. The van der Waals surface area contributed by atoms with Crippen LogP contribution in [0.15, 0.2) is 52.6 Å². The molecule has 4 unspecified atom stereocenters. The second-order valence-corrected chi connectivity index (χ2v) is 10.4. The van der Waals surface area contributed by atoms with E-state index in [0.29, 0.717) is 24.8 Å². The molecule has 0 spiro atoms. The first-order valence-electron chi connectivity index (χ1n) is 12.9. The van der Waals surface area contributed by atoms with Crippen LogP contribution in [0.1, 0.15) is 56.9 Å². The number of hydrogen-bond donors (Lipinski definition) is 2. The maximum Gasteiger partial charge on any atom is 0.303 e. The molecular weight excluding hydrogens is 493 g/mol. The first-order chi connectivity index (χ1) is 18.1. The van der Waals surface area contributed by atoms with Crippen molar-refractivity contribution in [2.75, 3.05) is 6.54 Å². The standard InChI is InChI=1S/C29H28FNO7/c1-14-12-21(32)19-13-18-15(23(25(19)26(14)35)16-6-5-7-20(30)27(16)36)9-10-17-24(18)29(38)31(28(17)37)11-4-2-3-8-22(33)34/h5-7,9,12,17-18,23-24,36H,2-4,8,10-11,13H2,1H3,(H,33,34). The van der Waals surface area contributed by atoms with Crippen LogP contribution < -0.4 is 0 Å². The largest absolute Gasteiger partial charge is 0.505 e. The van der Waals surface area contributed by atoms with Crippen molar-refractivity contribution in [1.29, 1.82) is 0 Å². The Balaban J connectivity index is 1.51. The second kappa shape index (κ2) is 9.78. The highest BCUT2D eigenvalue weighted by Gasteiger charge is 2.56. The van der Waals surface area contributed by atoms with Crippen LogP contribution in [-0.2, 0) is 24.0 Å². The van der Waals surface area contributed by atoms with E-state index in [1.54, 1.807) is 0 Å². The lowest BCUT2D eigenvalue weighted by molar-refractivity contribution is -0.141. The maximum atomic E-state index is 14.4. The quantitative estimate of drug-likeness (QED) is 0.243. The predicted octanol–water partition coefficient (Wildman–Crippen LogP) is 3.61. The fraction of sp³-hybridized carbons (Fsp3) is 0.414. The van der Waals surface area contributed by atoms with Crippen LogP contribution in [0.2, 0.25) is 0 Å². The second-order valence-electron chi connectivity index (χ2n) is 10.4. The molecule has 4 atom stereocenters. The van der Waals surface area contributed by atoms with Crippen molar-refractivity contribution in [3.05, 3.63) is 64.0 Å². The van der Waals surface area contributed by atoms with Crippen LogP contribution in [0.25, 0.3) is 0 Å². The first-order valence-corrected chi connectivity index (χ1v) is 12.9. The number of hydrogen-bond acceptors (Lipinski definition) is 6. The average molecular weight is 522 g/mol. The van der Waals surface area contributed by atoms with Crippen LogP contribution in [0.5, 0.6) is 5.75 Å². The SMILES string of the molecule is CC1=CC(=O)C2=C(C1=O)C(c1cccc(F)c1O)C1=CCC3C(=O)N(CCCCCC(=O)O)C(=O)C3C1C2. The third-order valence-electron chi connectivity index (χ3n) is 8.26. The topological polar surface area (TPSA) is 129 Å². The average Bonchev–Trinajstić information content (AvgIpc) is 3.12. The van der Waals surface area contributed by atoms with Crippen LogP contribution in [0.3, 0.4) is 0 Å². The number of nitrogens with zero attached hydrogens (tertiary/aromatic N) is 1. The number of imide groups is 1. The highest BCUT2D eigenvalue weighted by Crippen LogP contribution is 2.56. The number of carbonyl (C=O) groups is 5. The van der Waals surface area contributed by atoms with Gasteiger partial charge in [-0.25, -0.2) is 4.39 Å². The number of carbonyl (C=O) groups excluding carboxylic acids is 4. The molecule has 8 nitrogen and oxygen atoms in total. The number of ketones is 2. The molecule has 0 radical (unpaired) electrons. The summed E-state index contributed by atoms with van der Waals surface area (Å²) in [5.41, 5.74) is 1.48. The zero-order valence-electron chi connectivity index (χ0n) is 20.9. The maximum absolute atomic E-state index is 14.4. The van der Waals surface area contributed by atoms with E-state index in [4.69, 9.17) is 5.11 Å². The number of allylic oxidation sites excluding steroid dienone is 6. The minimum absolute atomic E-state index is 0.0227. The molecule has 0 aromatic heterocycles. The predicted molar refractivity (Wildman–Crippen MR) is 132 cm³/mol. The van der Waals surface area contributed by atoms with Crippen LogP contribution in [-0.4, -0.2) is 51.0 Å². The number of carboxylic acid groups (broad SMARTS) is 1. The molecule has 1 fully saturated rings. The monoisotopic (exact) mass is 521 g/mol. The molecule has 2 N–H and O–H groups in total. The fourth-order valence-corrected chi connectivity index (χ4v) is 6.49. The molecule has 1 aromatic rings. The number of aliphatic carboxylic acids is 1. The van der Waals surface area contributed by atoms with Crippen LogP contribution in [0.4, 0.5) is 4.39 Å². The van der Waals surface area contributed by atoms with Crippen molar-refractivity contribution in [3.8, 4) is 5.75 Å². The molecule has 1 saturated heterocycles. The molecule has 198 valence electrons. The summed E-state index contributed by atoms with van der Waals surface area (Å²) >= 11 is 0. The summed E-state index contributed by atoms with van der Waals surface area (Å²) in [4.78, 5) is 65.2. The van der Waals surface area contributed by atoms with Gasteiger partial charge in [-0.3, -0.25) is 28.9 Å². The molecule has 5 rings (SSSR count). The van der Waals surface area contributed by atoms with Crippen molar-refractivity contribution in [3.63, 3.8) is 0 Å². The number of phenolic OH excluding ortho intramolecular Hbond substituents is 1. The minimum Gasteiger partial charge on any atom is -0.505 e. The Hall–Kier alpha value is -3.88. The minimum atomic E-state index is -0.909. The molecule has 0 bridgehead atoms. The number of Topliss-reactive ketones (excluding diaryl/α,β-unsaturated/α-hetero) is 1. The van der Waals surface area contributed by atoms with Gasteiger partial charge in [-0.05, 0) is 50.7 Å². The summed E-state index contributed by atoms with van der Waals surface area (Å²) in [5, 5.41) is 19.5. The molecule has 2 amide bonds. The fourth-order valence-electron chi connectivity index (χ4n) is 6.49. The highest BCUT2D eigenvalue weighted by molar-refractivity contribution is 6.24. The Bertz CT molecular complexity index is 1370. The smallest absolute Gasteiger partial charge is 0.303 e. The van der Waals surface area contributed by atoms with Gasteiger partial charge in [-0.2, -0.15) is 0 Å². The summed E-state index contributed by atoms with van der Waals surface area (Å²) in [6.07, 6.45) is 4.96. The van der Waals surface area contributed by atoms with Crippen molar-refractivity contribution < 1.29 is 38.6 Å². The number of rotatable bonds is 7. The lowest BCUT2D eigenvalue weighted by Gasteiger charge is -2.42. The molecule has 1 aromatic carbocycles. The molecule has 4 aliphatic rings. The summed E-state index contributed by atoms with van der Waals surface area (Å²) in [6.45, 7) is 1.73. The van der Waals surface area contributed by atoms with Gasteiger partial charge in [-0.15, -0.1) is 0 Å². The van der Waals surface area contributed by atoms with Crippen molar-refractivity contribution in [1.82, 2.24) is 4.90 Å². The van der Waals surface area contributed by atoms with E-state index in [1.807, 2.05) is 6.08 Å². The number of amides is 2. The van der Waals surface area contributed by atoms with E-state index in [0.717, 1.165) is 6.07 Å². The molecule has 1 aliphatic heterocycles. The van der Waals surface area contributed by atoms with Gasteiger partial charge >= 0.3 is 5.97 Å². The lowest BCUT2D eigenvalue weighted by Crippen LogP contribution is -2.40. The number of likely N-dealkylation sites (tertiary alicyclic amines) is 1. The van der Waals surface area contributed by atoms with Gasteiger partial charge in [-0.1, -0.05) is 30.2 Å². The van der Waals surface area contributed by atoms with Gasteiger partial charge < -0.3 is 10.2 Å². The number of aromatic hydroxyl groups is 1. The van der Waals surface area contributed by atoms with E-state index < -0.39 is 41.2 Å². The molecule has 3 aliphatic carbocycles. The normalized spacial score (nSPS) is 26.6. The molecule has 1 heterocycles. The van der Waals surface area contributed by atoms with E-state index in [9.17, 15) is 33.5 Å². The van der Waals surface area contributed by atoms with Crippen molar-refractivity contribution in [2.24, 2.45) is 17.8 Å². The summed E-state index contributed by atoms with van der Waals surface area (Å²) in [7, 11) is 0. The number of halogens is 1. The number of benzene rings is 1. The van der Waals surface area contributed by atoms with E-state index >= 15 is 0 Å². The first kappa shape index (κ1) is 25.8. The number of phenols is 1. The van der Waals surface area contributed by atoms with E-state index in [-0.39, 0.29) is 71.5 Å². The molecule has 0 saturated carbocycles. The summed E-state index contributed by atoms with van der Waals surface area (Å²) < 4.78 is 14.4. The Morgan fingerprint density at radius 1 is 1.08 bits per heavy atom. The van der Waals surface area contributed by atoms with Crippen molar-refractivity contribution >= 4 is 29.4 Å². The van der Waals surface area contributed by atoms with Crippen molar-refractivity contribution in [2.45, 2.75) is 51.4 Å². The number of para-hydroxylation sites is 1. The zero-order valence-corrected chi connectivity index (χ0v) is 20.9. The van der Waals surface area contributed by atoms with Gasteiger partial charge in [0.2, 0.25) is 11.8 Å².